The third-order valence-corrected chi connectivity index (χ3v) is 9.80. The molecule has 0 saturated heterocycles. The fraction of sp³-hybridized carbons (Fsp3) is 0. The second-order valence-corrected chi connectivity index (χ2v) is 12.9. The number of benzene rings is 9. The van der Waals surface area contributed by atoms with E-state index in [1.165, 1.54) is 6.07 Å². The van der Waals surface area contributed by atoms with E-state index >= 15 is 0 Å². The summed E-state index contributed by atoms with van der Waals surface area (Å²) in [7, 11) is 0. The zero-order valence-corrected chi connectivity index (χ0v) is 29.1. The molecule has 0 fully saturated rings. The molecule has 0 N–H and O–H groups in total. The van der Waals surface area contributed by atoms with Crippen LogP contribution in [0.15, 0.2) is 218 Å². The van der Waals surface area contributed by atoms with Crippen LogP contribution in [0.3, 0.4) is 0 Å². The molecule has 0 bridgehead atoms. The summed E-state index contributed by atoms with van der Waals surface area (Å²) >= 11 is 0. The van der Waals surface area contributed by atoms with Crippen LogP contribution < -0.4 is 0 Å². The average Bonchev–Trinajstić information content (AvgIpc) is 3.97. The molecule has 0 aliphatic heterocycles. The van der Waals surface area contributed by atoms with Gasteiger partial charge in [0, 0.05) is 32.9 Å². The lowest BCUT2D eigenvalue weighted by molar-refractivity contribution is 1.18. The van der Waals surface area contributed by atoms with Gasteiger partial charge in [-0.15, -0.1) is 0 Å². The Balaban J connectivity index is 1.05. The Labute approximate surface area is 355 Å². The number of aromatic nitrogens is 2. The molecule has 0 atom stereocenters. The van der Waals surface area contributed by atoms with E-state index < -0.39 is 155 Å². The number of fused-ring (bicyclic) bond motifs is 6. The molecule has 2 nitrogen and oxygen atoms in total. The Kier molecular flexibility index (Phi) is 4.08. The molecular formula is C54H36N2. The molecule has 2 heteroatoms. The molecule has 0 unspecified atom stereocenters. The molecule has 0 aliphatic carbocycles. The summed E-state index contributed by atoms with van der Waals surface area (Å²) in [5.74, 6) is 0. The van der Waals surface area contributed by atoms with Gasteiger partial charge in [-0.3, -0.25) is 0 Å². The lowest BCUT2D eigenvalue weighted by Gasteiger charge is -2.11. The van der Waals surface area contributed by atoms with Gasteiger partial charge in [0.1, 0.15) is 0 Å². The molecule has 0 aliphatic rings. The van der Waals surface area contributed by atoms with E-state index in [-0.39, 0.29) is 16.9 Å². The van der Waals surface area contributed by atoms with Gasteiger partial charge < -0.3 is 9.13 Å². The zero-order valence-electron chi connectivity index (χ0n) is 50.1. The van der Waals surface area contributed by atoms with Crippen molar-refractivity contribution in [1.29, 1.82) is 0 Å². The highest BCUT2D eigenvalue weighted by Gasteiger charge is 2.16. The molecular weight excluding hydrogens is 677 g/mol. The van der Waals surface area contributed by atoms with Crippen LogP contribution in [-0.4, -0.2) is 9.13 Å². The van der Waals surface area contributed by atoms with Gasteiger partial charge in [0.25, 0.3) is 0 Å². The van der Waals surface area contributed by atoms with Crippen molar-refractivity contribution in [2.45, 2.75) is 0 Å². The summed E-state index contributed by atoms with van der Waals surface area (Å²) in [5.41, 5.74) is 0.924. The van der Waals surface area contributed by atoms with E-state index in [2.05, 4.69) is 0 Å². The van der Waals surface area contributed by atoms with Gasteiger partial charge in [-0.1, -0.05) is 151 Å². The van der Waals surface area contributed by atoms with Crippen LogP contribution in [0.5, 0.6) is 0 Å². The summed E-state index contributed by atoms with van der Waals surface area (Å²) in [6.45, 7) is 0. The normalized spacial score (nSPS) is 16.8. The van der Waals surface area contributed by atoms with Gasteiger partial charge in [0.15, 0.2) is 0 Å². The van der Waals surface area contributed by atoms with Crippen molar-refractivity contribution < 1.29 is 28.8 Å². The summed E-state index contributed by atoms with van der Waals surface area (Å²) in [4.78, 5) is 0. The Morgan fingerprint density at radius 2 is 0.714 bits per heavy atom. The third-order valence-electron chi connectivity index (χ3n) is 9.80. The minimum atomic E-state index is -0.771. The van der Waals surface area contributed by atoms with Crippen molar-refractivity contribution in [2.24, 2.45) is 0 Å². The predicted molar refractivity (Wildman–Crippen MR) is 237 cm³/mol. The van der Waals surface area contributed by atoms with Gasteiger partial charge in [-0.05, 0) is 111 Å². The van der Waals surface area contributed by atoms with Crippen molar-refractivity contribution in [3.8, 4) is 55.9 Å². The molecule has 0 saturated carbocycles. The maximum atomic E-state index is 9.42. The first-order valence-corrected chi connectivity index (χ1v) is 17.5. The van der Waals surface area contributed by atoms with Crippen LogP contribution in [0, 0.1) is 0 Å². The predicted octanol–water partition coefficient (Wildman–Crippen LogP) is 14.5. The number of nitrogens with zero attached hydrogens (tertiary/aromatic N) is 2. The van der Waals surface area contributed by atoms with Crippen molar-refractivity contribution in [1.82, 2.24) is 9.13 Å². The Morgan fingerprint density at radius 1 is 0.286 bits per heavy atom. The van der Waals surface area contributed by atoms with Gasteiger partial charge >= 0.3 is 0 Å². The van der Waals surface area contributed by atoms with Crippen molar-refractivity contribution in [3.05, 3.63) is 218 Å². The topological polar surface area (TPSA) is 9.86 Å². The molecule has 0 radical (unpaired) electrons. The Morgan fingerprint density at radius 3 is 1.29 bits per heavy atom. The molecule has 2 heterocycles. The van der Waals surface area contributed by atoms with E-state index in [0.29, 0.717) is 32.8 Å². The Bertz CT molecular complexity index is 4390. The maximum Gasteiger partial charge on any atom is 0.0645 e. The van der Waals surface area contributed by atoms with Gasteiger partial charge in [-0.2, -0.15) is 0 Å². The first-order chi connectivity index (χ1) is 36.5. The quantitative estimate of drug-likeness (QED) is 0.161. The van der Waals surface area contributed by atoms with Crippen LogP contribution in [0.1, 0.15) is 28.8 Å². The second-order valence-electron chi connectivity index (χ2n) is 12.9. The minimum absolute atomic E-state index is 0.0968. The fourth-order valence-electron chi connectivity index (χ4n) is 7.29. The van der Waals surface area contributed by atoms with E-state index in [1.54, 1.807) is 33.4 Å². The molecule has 11 aromatic rings. The molecule has 9 aromatic carbocycles. The molecule has 0 spiro atoms. The summed E-state index contributed by atoms with van der Waals surface area (Å²) in [5, 5.41) is 2.88. The number of para-hydroxylation sites is 2. The van der Waals surface area contributed by atoms with E-state index in [0.717, 1.165) is 21.9 Å². The number of hydrogen-bond donors (Lipinski definition) is 0. The smallest absolute Gasteiger partial charge is 0.0645 e. The third kappa shape index (κ3) is 5.34. The lowest BCUT2D eigenvalue weighted by atomic mass is 9.99. The average molecular weight is 734 g/mol. The van der Waals surface area contributed by atoms with Crippen LogP contribution in [-0.2, 0) is 0 Å². The minimum Gasteiger partial charge on any atom is -0.309 e. The van der Waals surface area contributed by atoms with E-state index in [1.807, 2.05) is 60.7 Å². The Hall–Kier alpha value is -7.42. The van der Waals surface area contributed by atoms with Crippen molar-refractivity contribution in [3.63, 3.8) is 0 Å². The van der Waals surface area contributed by atoms with Crippen LogP contribution in [0.25, 0.3) is 99.5 Å². The van der Waals surface area contributed by atoms with E-state index in [4.69, 9.17) is 20.6 Å². The number of rotatable bonds is 6. The largest absolute Gasteiger partial charge is 0.309 e. The van der Waals surface area contributed by atoms with Crippen molar-refractivity contribution in [2.75, 3.05) is 0 Å². The van der Waals surface area contributed by atoms with Gasteiger partial charge in [0.2, 0.25) is 0 Å². The summed E-state index contributed by atoms with van der Waals surface area (Å²) in [6.07, 6.45) is 0. The maximum absolute atomic E-state index is 9.42. The molecule has 11 rings (SSSR count). The molecule has 0 amide bonds. The van der Waals surface area contributed by atoms with E-state index in [9.17, 15) is 8.22 Å². The monoisotopic (exact) mass is 733 g/mol. The highest BCUT2D eigenvalue weighted by Crippen LogP contribution is 2.39. The van der Waals surface area contributed by atoms with Gasteiger partial charge in [-0.25, -0.2) is 0 Å². The van der Waals surface area contributed by atoms with Gasteiger partial charge in [0.05, 0.1) is 50.9 Å². The van der Waals surface area contributed by atoms with Crippen molar-refractivity contribution >= 4 is 43.6 Å². The number of hydrogen-bond acceptors (Lipinski definition) is 0. The molecule has 262 valence electrons. The second kappa shape index (κ2) is 13.2. The lowest BCUT2D eigenvalue weighted by Crippen LogP contribution is -1.94. The highest BCUT2D eigenvalue weighted by atomic mass is 15.0. The zero-order chi connectivity index (χ0) is 55.3. The van der Waals surface area contributed by atoms with Crippen LogP contribution >= 0.6 is 0 Å². The SMILES string of the molecule is [2H]c1cc(-n2c3ccccc3c3cc(-c4ccc5c(c4)c4ccccc4n5-c4c([2H])c([2H])c(-c5c([2H])c([2H])c([2H])c([2H])c5[2H])c([2H])c4[2H])ccc32)c([2H])c([2H])c1-c1c([2H])c([2H])c([2H])c(-c2c([2H])c([2H])c([2H])c([2H])c2[2H])c1[2H]. The standard InChI is InChI=1S/C54H36N2/c1-3-12-37(13-4-1)39-22-28-45(29-23-39)55-51-20-9-7-18-47(51)49-35-43(26-32-53(49)55)44-27-33-54-50(36-44)48-19-8-10-21-52(48)56(54)46-30-24-40(25-31-46)42-17-11-16-41(34-42)38-14-5-2-6-15-38/h1-36H/i1D,2D,3D,4D,5D,6D,11D,12D,13D,14D,15D,16D,17D,22D,23D,24D,25D,28D,29D,30D,34D. The molecule has 2 aromatic heterocycles. The molecule has 56 heavy (non-hydrogen) atoms. The van der Waals surface area contributed by atoms with Crippen LogP contribution in [0.4, 0.5) is 0 Å². The summed E-state index contributed by atoms with van der Waals surface area (Å²) in [6, 6.07) is 13.6. The fourth-order valence-corrected chi connectivity index (χ4v) is 7.29. The summed E-state index contributed by atoms with van der Waals surface area (Å²) < 4.78 is 187. The first-order valence-electron chi connectivity index (χ1n) is 28.0. The first kappa shape index (κ1) is 17.4. The highest BCUT2D eigenvalue weighted by molar-refractivity contribution is 6.12. The van der Waals surface area contributed by atoms with Crippen LogP contribution in [0.2, 0.25) is 0 Å².